The summed E-state index contributed by atoms with van der Waals surface area (Å²) >= 11 is 1.89. The lowest BCUT2D eigenvalue weighted by Crippen LogP contribution is -1.95. The van der Waals surface area contributed by atoms with Gasteiger partial charge in [-0.05, 0) is 141 Å². The fraction of sp³-hybridized carbons (Fsp3) is 0. The number of hydrogen-bond donors (Lipinski definition) is 0. The molecule has 27 rings (SSSR count). The molecule has 0 saturated carbocycles. The van der Waals surface area contributed by atoms with E-state index in [9.17, 15) is 0 Å². The van der Waals surface area contributed by atoms with Crippen LogP contribution in [0.4, 0.5) is 0 Å². The second-order valence-electron chi connectivity index (χ2n) is 31.7. The minimum Gasteiger partial charge on any atom is -0.456 e. The number of fused-ring (bicyclic) bond motifs is 32. The Kier molecular flexibility index (Phi) is 16.1. The summed E-state index contributed by atoms with van der Waals surface area (Å²) in [5.41, 5.74) is 15.7. The number of furan rings is 2. The number of aromatic nitrogens is 6. The van der Waals surface area contributed by atoms with Crippen LogP contribution >= 0.6 is 11.3 Å². The smallest absolute Gasteiger partial charge is 0.160 e. The Morgan fingerprint density at radius 2 is 0.528 bits per heavy atom. The van der Waals surface area contributed by atoms with E-state index in [1.807, 2.05) is 78.1 Å². The molecule has 0 N–H and O–H groups in total. The summed E-state index contributed by atoms with van der Waals surface area (Å²) in [6.07, 6.45) is 0. The molecule has 0 unspecified atom stereocenters. The number of para-hydroxylation sites is 5. The largest absolute Gasteiger partial charge is 0.456 e. The molecule has 9 heteroatoms. The quantitative estimate of drug-likeness (QED) is 0.152. The van der Waals surface area contributed by atoms with Gasteiger partial charge in [0.2, 0.25) is 0 Å². The van der Waals surface area contributed by atoms with E-state index in [2.05, 4.69) is 334 Å². The molecule has 27 aromatic rings. The first-order valence-electron chi connectivity index (χ1n) is 41.5. The highest BCUT2D eigenvalue weighted by atomic mass is 32.1. The van der Waals surface area contributed by atoms with Crippen LogP contribution in [0.5, 0.6) is 0 Å². The zero-order chi connectivity index (χ0) is 80.7. The van der Waals surface area contributed by atoms with Gasteiger partial charge < -0.3 is 8.83 Å². The predicted molar refractivity (Wildman–Crippen MR) is 516 cm³/mol. The Bertz CT molecular complexity index is 8500. The van der Waals surface area contributed by atoms with Crippen LogP contribution in [-0.4, -0.2) is 29.9 Å². The van der Waals surface area contributed by atoms with Crippen molar-refractivity contribution in [3.05, 3.63) is 400 Å². The van der Waals surface area contributed by atoms with Gasteiger partial charge in [0.25, 0.3) is 0 Å². The molecule has 0 aliphatic heterocycles. The van der Waals surface area contributed by atoms with Crippen molar-refractivity contribution in [3.8, 4) is 67.9 Å². The number of rotatable bonds is 6. The van der Waals surface area contributed by atoms with E-state index in [1.54, 1.807) is 0 Å². The second-order valence-corrected chi connectivity index (χ2v) is 32.7. The zero-order valence-corrected chi connectivity index (χ0v) is 66.8. The van der Waals surface area contributed by atoms with Gasteiger partial charge in [0.15, 0.2) is 17.5 Å². The average molecular weight is 1580 g/mol. The van der Waals surface area contributed by atoms with E-state index in [4.69, 9.17) is 38.7 Å². The van der Waals surface area contributed by atoms with E-state index in [0.717, 1.165) is 150 Å². The van der Waals surface area contributed by atoms with Gasteiger partial charge in [-0.2, -0.15) is 0 Å². The molecule has 8 nitrogen and oxygen atoms in total. The molecule has 0 saturated heterocycles. The van der Waals surface area contributed by atoms with Gasteiger partial charge in [-0.25, -0.2) is 29.9 Å². The Hall–Kier alpha value is -16.2. The lowest BCUT2D eigenvalue weighted by Gasteiger charge is -2.13. The number of benzene rings is 21. The van der Waals surface area contributed by atoms with Crippen molar-refractivity contribution >= 4 is 205 Å². The maximum Gasteiger partial charge on any atom is 0.160 e. The molecule has 0 aliphatic carbocycles. The molecular formula is C114H66N6O2S. The lowest BCUT2D eigenvalue weighted by molar-refractivity contribution is 0.669. The Labute approximate surface area is 707 Å². The monoisotopic (exact) mass is 1580 g/mol. The maximum absolute atomic E-state index is 6.43. The fourth-order valence-corrected chi connectivity index (χ4v) is 20.4. The van der Waals surface area contributed by atoms with Crippen LogP contribution in [-0.2, 0) is 0 Å². The second kappa shape index (κ2) is 28.3. The molecule has 6 heterocycles. The van der Waals surface area contributed by atoms with E-state index >= 15 is 0 Å². The summed E-state index contributed by atoms with van der Waals surface area (Å²) in [5.74, 6) is 2.20. The third-order valence-electron chi connectivity index (χ3n) is 24.7. The Balaban J connectivity index is 0.000000101. The van der Waals surface area contributed by atoms with Crippen LogP contribution in [0.3, 0.4) is 0 Å². The molecule has 0 amide bonds. The predicted octanol–water partition coefficient (Wildman–Crippen LogP) is 31.4. The molecule has 0 bridgehead atoms. The summed E-state index contributed by atoms with van der Waals surface area (Å²) in [7, 11) is 0. The van der Waals surface area contributed by atoms with E-state index in [-0.39, 0.29) is 0 Å². The SMILES string of the molecule is c1ccc(-c2nc(-c3ccc4c(ccc5c4c4ccccc4c4oc6ccccc6c54)c3)nc3ccccc23)cc1.c1ccc(-c2nc(-c3ccc4c(ccc5c4c4ccccc4c4sc6ccccc6c54)c3)nc3ccccc23)cc1.c1ccc(-c2nc(-c3ccc4c(ccc5ccc6ccc7oc8ccccc8c7c6c54)c3)nc3ccccc23)cc1. The topological polar surface area (TPSA) is 104 Å². The highest BCUT2D eigenvalue weighted by molar-refractivity contribution is 7.27. The molecular weight excluding hydrogens is 1520 g/mol. The van der Waals surface area contributed by atoms with Crippen LogP contribution in [0.2, 0.25) is 0 Å². The van der Waals surface area contributed by atoms with Crippen molar-refractivity contribution in [2.24, 2.45) is 0 Å². The van der Waals surface area contributed by atoms with Gasteiger partial charge in [0, 0.05) is 107 Å². The number of nitrogens with zero attached hydrogens (tertiary/aromatic N) is 6. The minimum atomic E-state index is 0.727. The van der Waals surface area contributed by atoms with Crippen molar-refractivity contribution in [1.82, 2.24) is 29.9 Å². The van der Waals surface area contributed by atoms with E-state index < -0.39 is 0 Å². The van der Waals surface area contributed by atoms with E-state index in [1.165, 1.54) is 112 Å². The number of hydrogen-bond acceptors (Lipinski definition) is 9. The van der Waals surface area contributed by atoms with Gasteiger partial charge in [-0.3, -0.25) is 0 Å². The van der Waals surface area contributed by atoms with Gasteiger partial charge >= 0.3 is 0 Å². The van der Waals surface area contributed by atoms with Crippen LogP contribution in [0.15, 0.2) is 409 Å². The van der Waals surface area contributed by atoms with Gasteiger partial charge in [0.1, 0.15) is 22.3 Å². The van der Waals surface area contributed by atoms with Gasteiger partial charge in [0.05, 0.1) is 33.6 Å². The van der Waals surface area contributed by atoms with Crippen molar-refractivity contribution in [2.45, 2.75) is 0 Å². The van der Waals surface area contributed by atoms with Crippen LogP contribution < -0.4 is 0 Å². The summed E-state index contributed by atoms with van der Waals surface area (Å²) in [6, 6.07) is 141. The first-order valence-corrected chi connectivity index (χ1v) is 42.3. The molecule has 0 spiro atoms. The molecule has 6 aromatic heterocycles. The van der Waals surface area contributed by atoms with Gasteiger partial charge in [-0.1, -0.05) is 340 Å². The maximum atomic E-state index is 6.43. The van der Waals surface area contributed by atoms with Crippen molar-refractivity contribution in [2.75, 3.05) is 0 Å². The summed E-state index contributed by atoms with van der Waals surface area (Å²) in [6.45, 7) is 0. The summed E-state index contributed by atoms with van der Waals surface area (Å²) in [4.78, 5) is 30.3. The van der Waals surface area contributed by atoms with Crippen LogP contribution in [0.1, 0.15) is 0 Å². The molecule has 0 fully saturated rings. The normalized spacial score (nSPS) is 11.9. The molecule has 0 radical (unpaired) electrons. The minimum absolute atomic E-state index is 0.727. The first-order chi connectivity index (χ1) is 61.0. The molecule has 21 aromatic carbocycles. The van der Waals surface area contributed by atoms with Crippen molar-refractivity contribution < 1.29 is 8.83 Å². The summed E-state index contributed by atoms with van der Waals surface area (Å²) < 4.78 is 15.4. The molecule has 570 valence electrons. The first kappa shape index (κ1) is 69.9. The van der Waals surface area contributed by atoms with E-state index in [0.29, 0.717) is 0 Å². The zero-order valence-electron chi connectivity index (χ0n) is 66.0. The average Bonchev–Trinajstić information content (AvgIpc) is 1.60. The van der Waals surface area contributed by atoms with Crippen LogP contribution in [0.25, 0.3) is 262 Å². The number of thiophene rings is 1. The third-order valence-corrected chi connectivity index (χ3v) is 25.9. The third kappa shape index (κ3) is 11.4. The Morgan fingerprint density at radius 3 is 1.03 bits per heavy atom. The highest BCUT2D eigenvalue weighted by Crippen LogP contribution is 2.49. The van der Waals surface area contributed by atoms with Crippen molar-refractivity contribution in [1.29, 1.82) is 0 Å². The molecule has 123 heavy (non-hydrogen) atoms. The van der Waals surface area contributed by atoms with Gasteiger partial charge in [-0.15, -0.1) is 11.3 Å². The Morgan fingerprint density at radius 1 is 0.179 bits per heavy atom. The standard InChI is InChI=1S/2C38H22N2O.C38H22N2S/c1-2-8-25(9-3-1)37-29-10-4-6-12-31(29)39-38(40-37)27-18-20-28-26(22-27)17-16-23-14-15-24-19-21-33-36(35(24)34(23)28)30-11-5-7-13-32(30)41-33;2*1-2-10-23(11-3-1)36-29-14-6-8-16-32(29)39-38(40-36)25-19-20-26-24(22-25)18-21-31-34(26)27-12-4-5-13-28(27)37-35(31)30-15-7-9-17-33(30)41-37/h3*1-22H. The van der Waals surface area contributed by atoms with Crippen molar-refractivity contribution in [3.63, 3.8) is 0 Å². The van der Waals surface area contributed by atoms with Crippen LogP contribution in [0, 0.1) is 0 Å². The fourth-order valence-electron chi connectivity index (χ4n) is 19.1. The highest BCUT2D eigenvalue weighted by Gasteiger charge is 2.23. The summed E-state index contributed by atoms with van der Waals surface area (Å²) in [5, 5.41) is 32.6. The molecule has 0 aliphatic rings. The molecule has 0 atom stereocenters. The lowest BCUT2D eigenvalue weighted by atomic mass is 9.92.